The van der Waals surface area contributed by atoms with E-state index in [2.05, 4.69) is 25.7 Å². The highest BCUT2D eigenvalue weighted by Gasteiger charge is 2.19. The molecule has 88 valence electrons. The number of ether oxygens (including phenoxy) is 1. The van der Waals surface area contributed by atoms with Gasteiger partial charge in [0.25, 0.3) is 0 Å². The summed E-state index contributed by atoms with van der Waals surface area (Å²) in [5, 5.41) is 0. The van der Waals surface area contributed by atoms with Gasteiger partial charge in [0.1, 0.15) is 6.29 Å². The predicted octanol–water partition coefficient (Wildman–Crippen LogP) is 1.71. The molecule has 1 heterocycles. The molecule has 0 aromatic rings. The van der Waals surface area contributed by atoms with Crippen molar-refractivity contribution in [2.75, 3.05) is 26.2 Å². The smallest absolute Gasteiger partial charge is 0.124 e. The van der Waals surface area contributed by atoms with Gasteiger partial charge in [-0.05, 0) is 40.2 Å². The SMILES string of the molecule is CC(C)(C)OCCN1CCCC(C=O)C1. The average molecular weight is 213 g/mol. The summed E-state index contributed by atoms with van der Waals surface area (Å²) < 4.78 is 5.67. The van der Waals surface area contributed by atoms with Gasteiger partial charge in [-0.25, -0.2) is 0 Å². The third-order valence-corrected chi connectivity index (χ3v) is 2.68. The van der Waals surface area contributed by atoms with Gasteiger partial charge >= 0.3 is 0 Å². The number of piperidine rings is 1. The lowest BCUT2D eigenvalue weighted by atomic mass is 10.00. The van der Waals surface area contributed by atoms with Crippen LogP contribution in [-0.4, -0.2) is 43.0 Å². The molecule has 0 aromatic carbocycles. The van der Waals surface area contributed by atoms with Crippen LogP contribution in [0.3, 0.4) is 0 Å². The molecule has 0 amide bonds. The lowest BCUT2D eigenvalue weighted by Gasteiger charge is -2.31. The van der Waals surface area contributed by atoms with E-state index in [1.165, 1.54) is 0 Å². The normalized spacial score (nSPS) is 24.1. The molecular weight excluding hydrogens is 190 g/mol. The summed E-state index contributed by atoms with van der Waals surface area (Å²) in [6, 6.07) is 0. The van der Waals surface area contributed by atoms with Gasteiger partial charge < -0.3 is 14.4 Å². The van der Waals surface area contributed by atoms with Crippen LogP contribution < -0.4 is 0 Å². The van der Waals surface area contributed by atoms with Crippen LogP contribution in [0, 0.1) is 5.92 Å². The van der Waals surface area contributed by atoms with E-state index in [-0.39, 0.29) is 11.5 Å². The highest BCUT2D eigenvalue weighted by molar-refractivity contribution is 5.53. The molecule has 0 radical (unpaired) electrons. The van der Waals surface area contributed by atoms with Crippen LogP contribution in [0.4, 0.5) is 0 Å². The van der Waals surface area contributed by atoms with Crippen LogP contribution in [-0.2, 0) is 9.53 Å². The number of likely N-dealkylation sites (tertiary alicyclic amines) is 1. The highest BCUT2D eigenvalue weighted by atomic mass is 16.5. The monoisotopic (exact) mass is 213 g/mol. The summed E-state index contributed by atoms with van der Waals surface area (Å²) in [5.74, 6) is 0.244. The number of nitrogens with zero attached hydrogens (tertiary/aromatic N) is 1. The van der Waals surface area contributed by atoms with E-state index in [1.54, 1.807) is 0 Å². The van der Waals surface area contributed by atoms with E-state index in [0.717, 1.165) is 45.4 Å². The molecule has 15 heavy (non-hydrogen) atoms. The first-order chi connectivity index (χ1) is 7.01. The molecule has 0 saturated carbocycles. The molecule has 0 spiro atoms. The molecule has 0 aromatic heterocycles. The van der Waals surface area contributed by atoms with Gasteiger partial charge in [0.05, 0.1) is 12.2 Å². The van der Waals surface area contributed by atoms with E-state index in [0.29, 0.717) is 0 Å². The van der Waals surface area contributed by atoms with Crippen molar-refractivity contribution in [1.29, 1.82) is 0 Å². The zero-order valence-corrected chi connectivity index (χ0v) is 10.2. The Bertz CT molecular complexity index is 198. The maximum Gasteiger partial charge on any atom is 0.124 e. The topological polar surface area (TPSA) is 29.5 Å². The largest absolute Gasteiger partial charge is 0.375 e. The number of carbonyl (C=O) groups is 1. The molecule has 0 aliphatic carbocycles. The van der Waals surface area contributed by atoms with Gasteiger partial charge in [0.2, 0.25) is 0 Å². The second-order valence-corrected chi connectivity index (χ2v) is 5.30. The minimum absolute atomic E-state index is 0.0557. The Labute approximate surface area is 92.8 Å². The standard InChI is InChI=1S/C12H23NO2/c1-12(2,3)15-8-7-13-6-4-5-11(9-13)10-14/h10-11H,4-9H2,1-3H3. The number of hydrogen-bond acceptors (Lipinski definition) is 3. The van der Waals surface area contributed by atoms with Crippen LogP contribution in [0.2, 0.25) is 0 Å². The quantitative estimate of drug-likeness (QED) is 0.666. The maximum atomic E-state index is 10.7. The van der Waals surface area contributed by atoms with Gasteiger partial charge in [-0.2, -0.15) is 0 Å². The van der Waals surface area contributed by atoms with Crippen LogP contribution >= 0.6 is 0 Å². The number of hydrogen-bond donors (Lipinski definition) is 0. The van der Waals surface area contributed by atoms with Crippen molar-refractivity contribution in [3.05, 3.63) is 0 Å². The Balaban J connectivity index is 2.18. The molecule has 1 rings (SSSR count). The minimum atomic E-state index is -0.0557. The van der Waals surface area contributed by atoms with E-state index < -0.39 is 0 Å². The van der Waals surface area contributed by atoms with Crippen molar-refractivity contribution in [3.8, 4) is 0 Å². The number of carbonyl (C=O) groups excluding carboxylic acids is 1. The maximum absolute atomic E-state index is 10.7. The molecule has 0 N–H and O–H groups in total. The highest BCUT2D eigenvalue weighted by Crippen LogP contribution is 2.14. The second-order valence-electron chi connectivity index (χ2n) is 5.30. The third-order valence-electron chi connectivity index (χ3n) is 2.68. The Morgan fingerprint density at radius 2 is 2.20 bits per heavy atom. The lowest BCUT2D eigenvalue weighted by Crippen LogP contribution is -2.39. The Kier molecular flexibility index (Phi) is 4.74. The van der Waals surface area contributed by atoms with Crippen molar-refractivity contribution in [1.82, 2.24) is 4.90 Å². The van der Waals surface area contributed by atoms with Gasteiger partial charge in [-0.3, -0.25) is 0 Å². The summed E-state index contributed by atoms with van der Waals surface area (Å²) in [4.78, 5) is 13.0. The minimum Gasteiger partial charge on any atom is -0.375 e. The van der Waals surface area contributed by atoms with Crippen molar-refractivity contribution in [2.45, 2.75) is 39.2 Å². The molecule has 3 nitrogen and oxygen atoms in total. The van der Waals surface area contributed by atoms with Crippen LogP contribution in [0.25, 0.3) is 0 Å². The number of aldehydes is 1. The van der Waals surface area contributed by atoms with Crippen molar-refractivity contribution >= 4 is 6.29 Å². The lowest BCUT2D eigenvalue weighted by molar-refractivity contribution is -0.112. The summed E-state index contributed by atoms with van der Waals surface area (Å²) in [7, 11) is 0. The van der Waals surface area contributed by atoms with Gasteiger partial charge in [-0.1, -0.05) is 0 Å². The summed E-state index contributed by atoms with van der Waals surface area (Å²) in [5.41, 5.74) is -0.0557. The predicted molar refractivity (Wildman–Crippen MR) is 60.9 cm³/mol. The van der Waals surface area contributed by atoms with Crippen molar-refractivity contribution in [2.24, 2.45) is 5.92 Å². The summed E-state index contributed by atoms with van der Waals surface area (Å²) >= 11 is 0. The molecule has 1 atom stereocenters. The molecule has 1 aliphatic rings. The first-order valence-corrected chi connectivity index (χ1v) is 5.83. The molecule has 0 bridgehead atoms. The van der Waals surface area contributed by atoms with Gasteiger partial charge in [0.15, 0.2) is 0 Å². The van der Waals surface area contributed by atoms with Gasteiger partial charge in [0, 0.05) is 19.0 Å². The summed E-state index contributed by atoms with van der Waals surface area (Å²) in [6.07, 6.45) is 3.29. The Morgan fingerprint density at radius 1 is 1.47 bits per heavy atom. The fraction of sp³-hybridized carbons (Fsp3) is 0.917. The first-order valence-electron chi connectivity index (χ1n) is 5.83. The molecule has 1 fully saturated rings. The molecule has 1 unspecified atom stereocenters. The van der Waals surface area contributed by atoms with E-state index in [1.807, 2.05) is 0 Å². The zero-order valence-electron chi connectivity index (χ0n) is 10.2. The summed E-state index contributed by atoms with van der Waals surface area (Å²) in [6.45, 7) is 9.93. The van der Waals surface area contributed by atoms with E-state index in [9.17, 15) is 4.79 Å². The fourth-order valence-electron chi connectivity index (χ4n) is 1.89. The first kappa shape index (κ1) is 12.7. The van der Waals surface area contributed by atoms with Crippen molar-refractivity contribution in [3.63, 3.8) is 0 Å². The number of rotatable bonds is 4. The fourth-order valence-corrected chi connectivity index (χ4v) is 1.89. The van der Waals surface area contributed by atoms with E-state index in [4.69, 9.17) is 4.74 Å². The molecule has 1 saturated heterocycles. The van der Waals surface area contributed by atoms with Crippen LogP contribution in [0.1, 0.15) is 33.6 Å². The average Bonchev–Trinajstić information content (AvgIpc) is 2.16. The Morgan fingerprint density at radius 3 is 2.80 bits per heavy atom. The zero-order chi connectivity index (χ0) is 11.3. The molecule has 1 aliphatic heterocycles. The van der Waals surface area contributed by atoms with E-state index >= 15 is 0 Å². The Hall–Kier alpha value is -0.410. The molecule has 3 heteroatoms. The van der Waals surface area contributed by atoms with Gasteiger partial charge in [-0.15, -0.1) is 0 Å². The molecular formula is C12H23NO2. The second kappa shape index (κ2) is 5.61. The van der Waals surface area contributed by atoms with Crippen LogP contribution in [0.5, 0.6) is 0 Å². The van der Waals surface area contributed by atoms with Crippen molar-refractivity contribution < 1.29 is 9.53 Å². The third kappa shape index (κ3) is 5.28. The van der Waals surface area contributed by atoms with Crippen LogP contribution in [0.15, 0.2) is 0 Å².